The lowest BCUT2D eigenvalue weighted by Gasteiger charge is -2.08. The van der Waals surface area contributed by atoms with Crippen LogP contribution in [0.4, 0.5) is 0 Å². The van der Waals surface area contributed by atoms with Crippen molar-refractivity contribution in [3.63, 3.8) is 0 Å². The lowest BCUT2D eigenvalue weighted by molar-refractivity contribution is -0.466. The van der Waals surface area contributed by atoms with Gasteiger partial charge in [0.1, 0.15) is 0 Å². The summed E-state index contributed by atoms with van der Waals surface area (Å²) in [6.07, 6.45) is 2.32. The first-order valence-corrected chi connectivity index (χ1v) is 7.97. The van der Waals surface area contributed by atoms with Crippen LogP contribution in [0.3, 0.4) is 0 Å². The molecule has 0 fully saturated rings. The van der Waals surface area contributed by atoms with Gasteiger partial charge in [-0.2, -0.15) is 0 Å². The Bertz CT molecular complexity index is 471. The summed E-state index contributed by atoms with van der Waals surface area (Å²) in [6, 6.07) is 4.81. The third kappa shape index (κ3) is 15.0. The molecule has 0 aliphatic rings. The van der Waals surface area contributed by atoms with Crippen LogP contribution in [0.15, 0.2) is 24.3 Å². The van der Waals surface area contributed by atoms with Crippen molar-refractivity contribution in [1.82, 2.24) is 0 Å². The first kappa shape index (κ1) is 24.3. The minimum atomic E-state index is -1.40. The molecule has 6 heteroatoms. The van der Waals surface area contributed by atoms with Crippen molar-refractivity contribution in [3.8, 4) is 0 Å². The molecule has 0 aliphatic heterocycles. The van der Waals surface area contributed by atoms with Gasteiger partial charge in [-0.25, -0.2) is 0 Å². The number of carboxylic acids is 2. The Labute approximate surface area is 144 Å². The SMILES string of the molecule is CCC(C)(C)[NH3+].CCC(C)(C)[NH3+].O=C([O-])c1cccc(C(=O)[O-])c1. The molecule has 0 saturated heterocycles. The van der Waals surface area contributed by atoms with Gasteiger partial charge in [-0.3, -0.25) is 0 Å². The van der Waals surface area contributed by atoms with E-state index in [-0.39, 0.29) is 11.1 Å². The van der Waals surface area contributed by atoms with Crippen molar-refractivity contribution in [3.05, 3.63) is 35.4 Å². The smallest absolute Gasteiger partial charge is 0.0886 e. The lowest BCUT2D eigenvalue weighted by Crippen LogP contribution is -2.68. The fraction of sp³-hybridized carbons (Fsp3) is 0.556. The standard InChI is InChI=1S/C8H6O4.2C5H13N/c9-7(10)5-2-1-3-6(4-5)8(11)12;2*1-4-5(2,3)6/h1-4H,(H,9,10)(H,11,12);2*4,6H2,1-3H3. The summed E-state index contributed by atoms with van der Waals surface area (Å²) in [6.45, 7) is 12.8. The average molecular weight is 340 g/mol. The number of carboxylic acid groups (broad SMARTS) is 2. The fourth-order valence-corrected chi connectivity index (χ4v) is 0.773. The summed E-state index contributed by atoms with van der Waals surface area (Å²) in [5.41, 5.74) is 8.02. The molecule has 0 saturated carbocycles. The largest absolute Gasteiger partial charge is 0.545 e. The van der Waals surface area contributed by atoms with Gasteiger partial charge in [0.15, 0.2) is 0 Å². The molecular weight excluding hydrogens is 308 g/mol. The van der Waals surface area contributed by atoms with Crippen LogP contribution in [0.5, 0.6) is 0 Å². The molecule has 1 aromatic carbocycles. The number of benzene rings is 1. The van der Waals surface area contributed by atoms with Crippen LogP contribution in [0.2, 0.25) is 0 Å². The van der Waals surface area contributed by atoms with E-state index in [4.69, 9.17) is 0 Å². The molecule has 24 heavy (non-hydrogen) atoms. The van der Waals surface area contributed by atoms with Gasteiger partial charge in [-0.1, -0.05) is 32.0 Å². The van der Waals surface area contributed by atoms with Gasteiger partial charge < -0.3 is 31.3 Å². The van der Waals surface area contributed by atoms with Crippen LogP contribution >= 0.6 is 0 Å². The van der Waals surface area contributed by atoms with Crippen molar-refractivity contribution < 1.29 is 31.3 Å². The highest BCUT2D eigenvalue weighted by Crippen LogP contribution is 2.02. The minimum Gasteiger partial charge on any atom is -0.545 e. The van der Waals surface area contributed by atoms with Gasteiger partial charge >= 0.3 is 0 Å². The number of hydrogen-bond acceptors (Lipinski definition) is 4. The molecule has 0 atom stereocenters. The summed E-state index contributed by atoms with van der Waals surface area (Å²) in [4.78, 5) is 20.5. The van der Waals surface area contributed by atoms with Crippen LogP contribution in [0.1, 0.15) is 75.1 Å². The van der Waals surface area contributed by atoms with Crippen LogP contribution in [-0.4, -0.2) is 23.0 Å². The molecular formula is C18H32N2O4. The monoisotopic (exact) mass is 340 g/mol. The van der Waals surface area contributed by atoms with E-state index in [1.54, 1.807) is 0 Å². The number of carbonyl (C=O) groups is 2. The maximum Gasteiger partial charge on any atom is 0.0886 e. The van der Waals surface area contributed by atoms with Crippen LogP contribution < -0.4 is 21.7 Å². The second kappa shape index (κ2) is 10.8. The van der Waals surface area contributed by atoms with Crippen LogP contribution in [0, 0.1) is 0 Å². The first-order valence-electron chi connectivity index (χ1n) is 7.97. The molecule has 0 aliphatic carbocycles. The van der Waals surface area contributed by atoms with Gasteiger partial charge in [0, 0.05) is 0 Å². The van der Waals surface area contributed by atoms with Gasteiger partial charge in [0.2, 0.25) is 0 Å². The molecule has 0 heterocycles. The summed E-state index contributed by atoms with van der Waals surface area (Å²) in [5.74, 6) is -2.81. The molecule has 1 aromatic rings. The molecule has 0 radical (unpaired) electrons. The van der Waals surface area contributed by atoms with Gasteiger partial charge in [0.05, 0.1) is 23.0 Å². The zero-order valence-corrected chi connectivity index (χ0v) is 15.8. The molecule has 0 spiro atoms. The van der Waals surface area contributed by atoms with Crippen LogP contribution in [-0.2, 0) is 0 Å². The van der Waals surface area contributed by atoms with E-state index in [9.17, 15) is 19.8 Å². The van der Waals surface area contributed by atoms with Gasteiger partial charge in [0.25, 0.3) is 0 Å². The van der Waals surface area contributed by atoms with E-state index in [0.29, 0.717) is 11.1 Å². The van der Waals surface area contributed by atoms with Crippen molar-refractivity contribution in [2.75, 3.05) is 0 Å². The van der Waals surface area contributed by atoms with Gasteiger partial charge in [-0.05, 0) is 57.7 Å². The quantitative estimate of drug-likeness (QED) is 0.745. The summed E-state index contributed by atoms with van der Waals surface area (Å²) < 4.78 is 0. The molecule has 0 unspecified atom stereocenters. The highest BCUT2D eigenvalue weighted by molar-refractivity contribution is 5.91. The van der Waals surface area contributed by atoms with E-state index >= 15 is 0 Å². The lowest BCUT2D eigenvalue weighted by atomic mass is 10.1. The second-order valence-electron chi connectivity index (χ2n) is 7.19. The van der Waals surface area contributed by atoms with Crippen LogP contribution in [0.25, 0.3) is 0 Å². The number of carbonyl (C=O) groups excluding carboxylic acids is 2. The topological polar surface area (TPSA) is 136 Å². The number of quaternary nitrogens is 2. The van der Waals surface area contributed by atoms with Crippen molar-refractivity contribution in [2.24, 2.45) is 0 Å². The van der Waals surface area contributed by atoms with Crippen molar-refractivity contribution >= 4 is 11.9 Å². The Morgan fingerprint density at radius 2 is 1.12 bits per heavy atom. The maximum absolute atomic E-state index is 10.3. The second-order valence-corrected chi connectivity index (χ2v) is 7.19. The summed E-state index contributed by atoms with van der Waals surface area (Å²) in [5, 5.41) is 20.5. The Kier molecular flexibility index (Phi) is 10.9. The molecule has 0 bridgehead atoms. The van der Waals surface area contributed by atoms with E-state index in [1.165, 1.54) is 18.2 Å². The summed E-state index contributed by atoms with van der Waals surface area (Å²) >= 11 is 0. The third-order valence-corrected chi connectivity index (χ3v) is 3.25. The van der Waals surface area contributed by atoms with E-state index in [0.717, 1.165) is 18.9 Å². The van der Waals surface area contributed by atoms with E-state index in [2.05, 4.69) is 53.0 Å². The number of hydrogen-bond donors (Lipinski definition) is 2. The molecule has 6 N–H and O–H groups in total. The Morgan fingerprint density at radius 1 is 0.875 bits per heavy atom. The first-order chi connectivity index (χ1) is 10.7. The Hall–Kier alpha value is -1.92. The number of rotatable bonds is 4. The predicted molar refractivity (Wildman–Crippen MR) is 89.6 cm³/mol. The zero-order chi connectivity index (χ0) is 19.6. The van der Waals surface area contributed by atoms with Gasteiger partial charge in [-0.15, -0.1) is 0 Å². The highest BCUT2D eigenvalue weighted by Gasteiger charge is 2.09. The third-order valence-electron chi connectivity index (χ3n) is 3.25. The summed E-state index contributed by atoms with van der Waals surface area (Å²) in [7, 11) is 0. The van der Waals surface area contributed by atoms with E-state index < -0.39 is 11.9 Å². The Morgan fingerprint density at radius 3 is 1.29 bits per heavy atom. The normalized spacial score (nSPS) is 10.7. The Balaban J connectivity index is 0. The average Bonchev–Trinajstić information content (AvgIpc) is 2.47. The maximum atomic E-state index is 10.3. The minimum absolute atomic E-state index is 0.170. The molecule has 6 nitrogen and oxygen atoms in total. The zero-order valence-electron chi connectivity index (χ0n) is 15.8. The molecule has 138 valence electrons. The highest BCUT2D eigenvalue weighted by atomic mass is 16.4. The molecule has 0 amide bonds. The van der Waals surface area contributed by atoms with Crippen molar-refractivity contribution in [1.29, 1.82) is 0 Å². The van der Waals surface area contributed by atoms with E-state index in [1.807, 2.05) is 0 Å². The molecule has 1 rings (SSSR count). The molecule has 0 aromatic heterocycles. The predicted octanol–water partition coefficient (Wildman–Crippen LogP) is -0.753. The fourth-order valence-electron chi connectivity index (χ4n) is 0.773. The number of aromatic carboxylic acids is 2. The van der Waals surface area contributed by atoms with Crippen molar-refractivity contribution in [2.45, 2.75) is 65.5 Å².